The van der Waals surface area contributed by atoms with E-state index in [0.717, 1.165) is 5.56 Å². The zero-order chi connectivity index (χ0) is 19.1. The highest BCUT2D eigenvalue weighted by molar-refractivity contribution is 5.96. The number of nitrogens with two attached hydrogens (primary N) is 1. The first-order valence-corrected chi connectivity index (χ1v) is 7.84. The molecule has 0 fully saturated rings. The maximum atomic E-state index is 12.6. The third-order valence-electron chi connectivity index (χ3n) is 3.64. The first-order chi connectivity index (χ1) is 12.5. The highest BCUT2D eigenvalue weighted by Crippen LogP contribution is 2.38. The van der Waals surface area contributed by atoms with Gasteiger partial charge in [-0.15, -0.1) is 0 Å². The minimum absolute atomic E-state index is 0.201. The lowest BCUT2D eigenvalue weighted by molar-refractivity contribution is -0.120. The van der Waals surface area contributed by atoms with Gasteiger partial charge < -0.3 is 25.3 Å². The first kappa shape index (κ1) is 19.0. The first-order valence-electron chi connectivity index (χ1n) is 7.84. The summed E-state index contributed by atoms with van der Waals surface area (Å²) in [7, 11) is 2.85. The number of pyridine rings is 1. The molecular formula is C18H21N3O5. The summed E-state index contributed by atoms with van der Waals surface area (Å²) in [5.41, 5.74) is 6.35. The Kier molecular flexibility index (Phi) is 6.37. The molecule has 1 atom stereocenters. The molecule has 1 aromatic carbocycles. The minimum atomic E-state index is -0.637. The second-order valence-corrected chi connectivity index (χ2v) is 5.44. The number of nitrogens with one attached hydrogen (secondary N) is 1. The van der Waals surface area contributed by atoms with Gasteiger partial charge in [-0.05, 0) is 36.8 Å². The van der Waals surface area contributed by atoms with Crippen LogP contribution >= 0.6 is 0 Å². The van der Waals surface area contributed by atoms with Crippen LogP contribution < -0.4 is 25.3 Å². The van der Waals surface area contributed by atoms with Crippen LogP contribution in [0.2, 0.25) is 0 Å². The molecular weight excluding hydrogens is 338 g/mol. The predicted molar refractivity (Wildman–Crippen MR) is 94.4 cm³/mol. The van der Waals surface area contributed by atoms with Gasteiger partial charge in [-0.1, -0.05) is 0 Å². The zero-order valence-corrected chi connectivity index (χ0v) is 14.8. The summed E-state index contributed by atoms with van der Waals surface area (Å²) in [5.74, 6) is -0.235. The fourth-order valence-corrected chi connectivity index (χ4v) is 2.31. The molecule has 0 aliphatic rings. The largest absolute Gasteiger partial charge is 0.493 e. The topological polar surface area (TPSA) is 113 Å². The van der Waals surface area contributed by atoms with Gasteiger partial charge in [0, 0.05) is 18.0 Å². The van der Waals surface area contributed by atoms with Gasteiger partial charge in [0.05, 0.1) is 20.3 Å². The Morgan fingerprint density at radius 1 is 1.15 bits per heavy atom. The number of carbonyl (C=O) groups is 2. The lowest BCUT2D eigenvalue weighted by Crippen LogP contribution is -2.26. The third-order valence-corrected chi connectivity index (χ3v) is 3.64. The van der Waals surface area contributed by atoms with Crippen molar-refractivity contribution in [1.82, 2.24) is 10.3 Å². The Morgan fingerprint density at radius 2 is 1.73 bits per heavy atom. The van der Waals surface area contributed by atoms with Crippen LogP contribution in [0, 0.1) is 0 Å². The number of carbonyl (C=O) groups excluding carboxylic acids is 2. The van der Waals surface area contributed by atoms with E-state index in [1.54, 1.807) is 12.4 Å². The molecule has 138 valence electrons. The highest BCUT2D eigenvalue weighted by Gasteiger charge is 2.19. The molecule has 0 bridgehead atoms. The molecule has 2 aromatic rings. The van der Waals surface area contributed by atoms with Crippen molar-refractivity contribution in [2.75, 3.05) is 20.8 Å². The normalized spacial score (nSPS) is 11.3. The van der Waals surface area contributed by atoms with Gasteiger partial charge in [0.15, 0.2) is 18.1 Å². The van der Waals surface area contributed by atoms with Crippen molar-refractivity contribution in [3.8, 4) is 17.2 Å². The molecule has 0 spiro atoms. The van der Waals surface area contributed by atoms with E-state index in [1.807, 2.05) is 19.1 Å². The van der Waals surface area contributed by atoms with Gasteiger partial charge in [0.2, 0.25) is 5.75 Å². The number of amides is 2. The molecule has 8 heteroatoms. The summed E-state index contributed by atoms with van der Waals surface area (Å²) in [6, 6.07) is 6.45. The Balaban J connectivity index is 2.25. The van der Waals surface area contributed by atoms with E-state index in [9.17, 15) is 9.59 Å². The number of hydrogen-bond donors (Lipinski definition) is 2. The number of benzene rings is 1. The van der Waals surface area contributed by atoms with Crippen LogP contribution in [0.25, 0.3) is 0 Å². The van der Waals surface area contributed by atoms with E-state index >= 15 is 0 Å². The van der Waals surface area contributed by atoms with Gasteiger partial charge >= 0.3 is 0 Å². The summed E-state index contributed by atoms with van der Waals surface area (Å²) < 4.78 is 15.8. The van der Waals surface area contributed by atoms with E-state index in [4.69, 9.17) is 19.9 Å². The number of methoxy groups -OCH3 is 2. The Bertz CT molecular complexity index is 755. The molecule has 8 nitrogen and oxygen atoms in total. The molecule has 1 aromatic heterocycles. The van der Waals surface area contributed by atoms with Crippen LogP contribution in [0.4, 0.5) is 0 Å². The SMILES string of the molecule is COc1cc(C(=O)N[C@@H](C)c2ccncc2)cc(OC)c1OCC(N)=O. The molecule has 26 heavy (non-hydrogen) atoms. The number of primary amides is 1. The van der Waals surface area contributed by atoms with E-state index in [0.29, 0.717) is 5.56 Å². The average molecular weight is 359 g/mol. The molecule has 0 saturated carbocycles. The van der Waals surface area contributed by atoms with E-state index < -0.39 is 5.91 Å². The molecule has 2 amide bonds. The average Bonchev–Trinajstić information content (AvgIpc) is 2.65. The van der Waals surface area contributed by atoms with Gasteiger partial charge in [-0.3, -0.25) is 14.6 Å². The lowest BCUT2D eigenvalue weighted by Gasteiger charge is -2.17. The lowest BCUT2D eigenvalue weighted by atomic mass is 10.1. The van der Waals surface area contributed by atoms with E-state index in [-0.39, 0.29) is 35.8 Å². The van der Waals surface area contributed by atoms with E-state index in [2.05, 4.69) is 10.3 Å². The van der Waals surface area contributed by atoms with Crippen molar-refractivity contribution in [3.63, 3.8) is 0 Å². The molecule has 2 rings (SSSR count). The van der Waals surface area contributed by atoms with Crippen molar-refractivity contribution in [3.05, 3.63) is 47.8 Å². The maximum absolute atomic E-state index is 12.6. The standard InChI is InChI=1S/C18H21N3O5/c1-11(12-4-6-20-7-5-12)21-18(23)13-8-14(24-2)17(15(9-13)25-3)26-10-16(19)22/h4-9,11H,10H2,1-3H3,(H2,19,22)(H,21,23)/t11-/m0/s1. The molecule has 0 unspecified atom stereocenters. The smallest absolute Gasteiger partial charge is 0.255 e. The quantitative estimate of drug-likeness (QED) is 0.738. The van der Waals surface area contributed by atoms with Crippen molar-refractivity contribution in [1.29, 1.82) is 0 Å². The van der Waals surface area contributed by atoms with Crippen molar-refractivity contribution in [2.24, 2.45) is 5.73 Å². The number of ether oxygens (including phenoxy) is 3. The minimum Gasteiger partial charge on any atom is -0.493 e. The molecule has 1 heterocycles. The second kappa shape index (κ2) is 8.70. The van der Waals surface area contributed by atoms with Gasteiger partial charge in [-0.25, -0.2) is 0 Å². The molecule has 3 N–H and O–H groups in total. The van der Waals surface area contributed by atoms with Crippen LogP contribution in [0.3, 0.4) is 0 Å². The number of rotatable bonds is 8. The summed E-state index contributed by atoms with van der Waals surface area (Å²) in [6.07, 6.45) is 3.32. The number of hydrogen-bond acceptors (Lipinski definition) is 6. The molecule has 0 aliphatic carbocycles. The Morgan fingerprint density at radius 3 is 2.23 bits per heavy atom. The summed E-state index contributed by atoms with van der Waals surface area (Å²) in [6.45, 7) is 1.53. The van der Waals surface area contributed by atoms with Crippen LogP contribution in [-0.2, 0) is 4.79 Å². The maximum Gasteiger partial charge on any atom is 0.255 e. The van der Waals surface area contributed by atoms with Gasteiger partial charge in [0.1, 0.15) is 0 Å². The zero-order valence-electron chi connectivity index (χ0n) is 14.8. The highest BCUT2D eigenvalue weighted by atomic mass is 16.5. The van der Waals surface area contributed by atoms with Gasteiger partial charge in [0.25, 0.3) is 11.8 Å². The van der Waals surface area contributed by atoms with Crippen LogP contribution in [0.1, 0.15) is 28.9 Å². The number of aromatic nitrogens is 1. The molecule has 0 aliphatic heterocycles. The van der Waals surface area contributed by atoms with Gasteiger partial charge in [-0.2, -0.15) is 0 Å². The van der Waals surface area contributed by atoms with Crippen LogP contribution in [-0.4, -0.2) is 37.6 Å². The number of nitrogens with zero attached hydrogens (tertiary/aromatic N) is 1. The molecule has 0 saturated heterocycles. The van der Waals surface area contributed by atoms with Crippen molar-refractivity contribution in [2.45, 2.75) is 13.0 Å². The Labute approximate surface area is 151 Å². The summed E-state index contributed by atoms with van der Waals surface area (Å²) in [5, 5.41) is 2.89. The monoisotopic (exact) mass is 359 g/mol. The van der Waals surface area contributed by atoms with E-state index in [1.165, 1.54) is 26.4 Å². The molecule has 0 radical (unpaired) electrons. The van der Waals surface area contributed by atoms with Crippen molar-refractivity contribution < 1.29 is 23.8 Å². The third kappa shape index (κ3) is 4.62. The van der Waals surface area contributed by atoms with Crippen molar-refractivity contribution >= 4 is 11.8 Å². The summed E-state index contributed by atoms with van der Waals surface area (Å²) in [4.78, 5) is 27.5. The Hall–Kier alpha value is -3.29. The fourth-order valence-electron chi connectivity index (χ4n) is 2.31. The second-order valence-electron chi connectivity index (χ2n) is 5.44. The predicted octanol–water partition coefficient (Wildman–Crippen LogP) is 1.45. The van der Waals surface area contributed by atoms with Crippen LogP contribution in [0.5, 0.6) is 17.2 Å². The van der Waals surface area contributed by atoms with Crippen LogP contribution in [0.15, 0.2) is 36.7 Å². The fraction of sp³-hybridized carbons (Fsp3) is 0.278. The summed E-state index contributed by atoms with van der Waals surface area (Å²) >= 11 is 0.